The molecule has 1 N–H and O–H groups in total. The summed E-state index contributed by atoms with van der Waals surface area (Å²) in [6.45, 7) is 2.12. The average Bonchev–Trinajstić information content (AvgIpc) is 3.50. The van der Waals surface area contributed by atoms with Crippen molar-refractivity contribution < 1.29 is 14.0 Å². The number of benzene rings is 3. The number of carbonyl (C=O) groups excluding carboxylic acids is 2. The number of rotatable bonds is 6. The second kappa shape index (κ2) is 10.5. The maximum Gasteiger partial charge on any atom is 0.262 e. The van der Waals surface area contributed by atoms with Crippen molar-refractivity contribution >= 4 is 40.1 Å². The lowest BCUT2D eigenvalue weighted by atomic mass is 9.97. The van der Waals surface area contributed by atoms with E-state index in [1.165, 1.54) is 29.5 Å². The standard InChI is InChI=1S/C28H25FN4O2S/c1-2-18-12-14-20(15-13-18)24-16-23(19-8-4-3-5-9-19)32-33(24)28-31-27(35)25(36-28)17-26(34)30-22-11-7-6-10-21(22)29/h3-15,24-25H,2,16-17H2,1H3,(H,30,34)/t24-,25-/m1/s1. The fraction of sp³-hybridized carbons (Fsp3) is 0.214. The Morgan fingerprint density at radius 1 is 1.06 bits per heavy atom. The Kier molecular flexibility index (Phi) is 6.95. The Balaban J connectivity index is 1.35. The van der Waals surface area contributed by atoms with Crippen LogP contribution in [0.3, 0.4) is 0 Å². The predicted molar refractivity (Wildman–Crippen MR) is 141 cm³/mol. The van der Waals surface area contributed by atoms with Gasteiger partial charge in [-0.05, 0) is 35.2 Å². The van der Waals surface area contributed by atoms with E-state index in [0.29, 0.717) is 11.6 Å². The Morgan fingerprint density at radius 3 is 2.50 bits per heavy atom. The second-order valence-electron chi connectivity index (χ2n) is 8.64. The maximum absolute atomic E-state index is 13.9. The molecule has 3 aromatic rings. The van der Waals surface area contributed by atoms with E-state index >= 15 is 0 Å². The molecule has 2 amide bonds. The number of amides is 2. The number of hydrogen-bond donors (Lipinski definition) is 1. The monoisotopic (exact) mass is 500 g/mol. The highest BCUT2D eigenvalue weighted by molar-refractivity contribution is 8.15. The number of nitrogens with one attached hydrogen (secondary N) is 1. The zero-order valence-electron chi connectivity index (χ0n) is 19.7. The van der Waals surface area contributed by atoms with E-state index < -0.39 is 17.0 Å². The lowest BCUT2D eigenvalue weighted by Gasteiger charge is -2.23. The van der Waals surface area contributed by atoms with E-state index in [1.807, 2.05) is 30.3 Å². The molecule has 36 heavy (non-hydrogen) atoms. The van der Waals surface area contributed by atoms with Crippen LogP contribution in [0.2, 0.25) is 0 Å². The van der Waals surface area contributed by atoms with Gasteiger partial charge in [0.05, 0.1) is 17.4 Å². The second-order valence-corrected chi connectivity index (χ2v) is 9.81. The molecule has 0 aromatic heterocycles. The van der Waals surface area contributed by atoms with Gasteiger partial charge in [-0.1, -0.05) is 85.4 Å². The van der Waals surface area contributed by atoms with Crippen LogP contribution in [0.4, 0.5) is 10.1 Å². The fourth-order valence-corrected chi connectivity index (χ4v) is 5.33. The van der Waals surface area contributed by atoms with Gasteiger partial charge in [-0.25, -0.2) is 9.40 Å². The highest BCUT2D eigenvalue weighted by Crippen LogP contribution is 2.38. The molecule has 8 heteroatoms. The minimum atomic E-state index is -0.689. The number of anilines is 1. The van der Waals surface area contributed by atoms with Crippen LogP contribution in [-0.2, 0) is 16.0 Å². The number of halogens is 1. The molecule has 0 unspecified atom stereocenters. The quantitative estimate of drug-likeness (QED) is 0.481. The van der Waals surface area contributed by atoms with Crippen LogP contribution < -0.4 is 5.32 Å². The van der Waals surface area contributed by atoms with Crippen molar-refractivity contribution in [3.63, 3.8) is 0 Å². The summed E-state index contributed by atoms with van der Waals surface area (Å²) in [5, 5.41) is 9.00. The first kappa shape index (κ1) is 23.9. The predicted octanol–water partition coefficient (Wildman–Crippen LogP) is 5.57. The molecule has 0 radical (unpaired) electrons. The highest BCUT2D eigenvalue weighted by atomic mass is 32.2. The van der Waals surface area contributed by atoms with Gasteiger partial charge in [0.25, 0.3) is 5.91 Å². The number of hydrogen-bond acceptors (Lipinski definition) is 5. The summed E-state index contributed by atoms with van der Waals surface area (Å²) in [5.74, 6) is -1.35. The first-order chi connectivity index (χ1) is 17.5. The van der Waals surface area contributed by atoms with Crippen molar-refractivity contribution in [3.8, 4) is 0 Å². The van der Waals surface area contributed by atoms with Crippen molar-refractivity contribution in [2.24, 2.45) is 10.1 Å². The van der Waals surface area contributed by atoms with Crippen molar-refractivity contribution in [3.05, 3.63) is 101 Å². The molecule has 2 heterocycles. The molecule has 5 rings (SSSR count). The van der Waals surface area contributed by atoms with Crippen LogP contribution in [0, 0.1) is 5.82 Å². The van der Waals surface area contributed by atoms with Gasteiger partial charge < -0.3 is 5.32 Å². The van der Waals surface area contributed by atoms with E-state index in [-0.39, 0.29) is 24.1 Å². The maximum atomic E-state index is 13.9. The molecule has 0 bridgehead atoms. The number of thioether (sulfide) groups is 1. The van der Waals surface area contributed by atoms with E-state index in [0.717, 1.165) is 23.3 Å². The van der Waals surface area contributed by atoms with Crippen LogP contribution in [-0.4, -0.2) is 33.0 Å². The van der Waals surface area contributed by atoms with Crippen molar-refractivity contribution in [2.45, 2.75) is 37.5 Å². The normalized spacial score (nSPS) is 19.3. The van der Waals surface area contributed by atoms with Crippen LogP contribution in [0.5, 0.6) is 0 Å². The Hall–Kier alpha value is -3.78. The molecule has 3 aromatic carbocycles. The minimum Gasteiger partial charge on any atom is -0.324 e. The summed E-state index contributed by atoms with van der Waals surface area (Å²) < 4.78 is 13.9. The number of aryl methyl sites for hydroxylation is 1. The van der Waals surface area contributed by atoms with Gasteiger partial charge in [0, 0.05) is 12.8 Å². The minimum absolute atomic E-state index is 0.0892. The molecule has 182 valence electrons. The molecule has 0 spiro atoms. The van der Waals surface area contributed by atoms with Crippen molar-refractivity contribution in [1.29, 1.82) is 0 Å². The van der Waals surface area contributed by atoms with Gasteiger partial charge in [-0.3, -0.25) is 9.59 Å². The first-order valence-corrected chi connectivity index (χ1v) is 12.7. The largest absolute Gasteiger partial charge is 0.324 e. The van der Waals surface area contributed by atoms with Gasteiger partial charge in [0.15, 0.2) is 5.17 Å². The smallest absolute Gasteiger partial charge is 0.262 e. The Morgan fingerprint density at radius 2 is 1.78 bits per heavy atom. The third-order valence-electron chi connectivity index (χ3n) is 6.23. The van der Waals surface area contributed by atoms with Gasteiger partial charge in [-0.2, -0.15) is 10.1 Å². The summed E-state index contributed by atoms with van der Waals surface area (Å²) in [6, 6.07) is 24.2. The number of nitrogens with zero attached hydrogens (tertiary/aromatic N) is 3. The molecule has 0 aliphatic carbocycles. The average molecular weight is 501 g/mol. The molecular weight excluding hydrogens is 475 g/mol. The molecule has 2 atom stereocenters. The summed E-state index contributed by atoms with van der Waals surface area (Å²) in [5.41, 5.74) is 4.35. The fourth-order valence-electron chi connectivity index (χ4n) is 4.26. The van der Waals surface area contributed by atoms with Crippen LogP contribution >= 0.6 is 11.8 Å². The molecule has 2 aliphatic heterocycles. The Labute approximate surface area is 213 Å². The molecule has 0 saturated heterocycles. The van der Waals surface area contributed by atoms with Crippen LogP contribution in [0.1, 0.15) is 42.5 Å². The Bertz CT molecular complexity index is 1340. The van der Waals surface area contributed by atoms with Gasteiger partial charge in [-0.15, -0.1) is 0 Å². The van der Waals surface area contributed by atoms with Crippen LogP contribution in [0.15, 0.2) is 89.0 Å². The molecule has 0 saturated carbocycles. The zero-order valence-corrected chi connectivity index (χ0v) is 20.5. The molecule has 0 fully saturated rings. The summed E-state index contributed by atoms with van der Waals surface area (Å²) in [6.07, 6.45) is 1.51. The van der Waals surface area contributed by atoms with Crippen molar-refractivity contribution in [1.82, 2.24) is 5.01 Å². The number of hydrazone groups is 1. The van der Waals surface area contributed by atoms with E-state index in [9.17, 15) is 14.0 Å². The zero-order chi connectivity index (χ0) is 25.1. The molecule has 2 aliphatic rings. The lowest BCUT2D eigenvalue weighted by molar-refractivity contribution is -0.121. The topological polar surface area (TPSA) is 74.1 Å². The third-order valence-corrected chi connectivity index (χ3v) is 7.38. The number of para-hydroxylation sites is 1. The number of amidine groups is 1. The van der Waals surface area contributed by atoms with E-state index in [1.54, 1.807) is 17.1 Å². The van der Waals surface area contributed by atoms with Gasteiger partial charge in [0.2, 0.25) is 5.91 Å². The van der Waals surface area contributed by atoms with E-state index in [2.05, 4.69) is 41.5 Å². The number of carbonyl (C=O) groups is 2. The SMILES string of the molecule is CCc1ccc([C@H]2CC(c3ccccc3)=NN2C2=NC(=O)[C@@H](CC(=O)Nc3ccccc3F)S2)cc1. The molecule has 6 nitrogen and oxygen atoms in total. The summed E-state index contributed by atoms with van der Waals surface area (Å²) in [7, 11) is 0. The number of aliphatic imine (C=N–C) groups is 1. The summed E-state index contributed by atoms with van der Waals surface area (Å²) in [4.78, 5) is 29.6. The van der Waals surface area contributed by atoms with E-state index in [4.69, 9.17) is 5.10 Å². The van der Waals surface area contributed by atoms with Gasteiger partial charge in [0.1, 0.15) is 11.1 Å². The summed E-state index contributed by atoms with van der Waals surface area (Å²) >= 11 is 1.23. The first-order valence-electron chi connectivity index (χ1n) is 11.9. The molecular formula is C28H25FN4O2S. The highest BCUT2D eigenvalue weighted by Gasteiger charge is 2.39. The lowest BCUT2D eigenvalue weighted by Crippen LogP contribution is -2.25. The third kappa shape index (κ3) is 5.09. The van der Waals surface area contributed by atoms with Crippen LogP contribution in [0.25, 0.3) is 0 Å². The van der Waals surface area contributed by atoms with Crippen molar-refractivity contribution in [2.75, 3.05) is 5.32 Å². The van der Waals surface area contributed by atoms with Gasteiger partial charge >= 0.3 is 0 Å².